The fourth-order valence-electron chi connectivity index (χ4n) is 3.54. The Labute approximate surface area is 231 Å². The van der Waals surface area contributed by atoms with Crippen molar-refractivity contribution < 1.29 is 4.79 Å². The molecule has 0 bridgehead atoms. The zero-order valence-corrected chi connectivity index (χ0v) is 23.3. The molecule has 0 saturated carbocycles. The summed E-state index contributed by atoms with van der Waals surface area (Å²) in [5.41, 5.74) is 7.50. The van der Waals surface area contributed by atoms with E-state index in [0.29, 0.717) is 26.6 Å². The Kier molecular flexibility index (Phi) is 8.37. The van der Waals surface area contributed by atoms with Crippen LogP contribution in [-0.4, -0.2) is 32.6 Å². The lowest BCUT2D eigenvalue weighted by atomic mass is 9.87. The Hall–Kier alpha value is -3.13. The molecule has 4 rings (SSSR count). The van der Waals surface area contributed by atoms with Gasteiger partial charge in [0, 0.05) is 21.8 Å². The van der Waals surface area contributed by atoms with Crippen LogP contribution in [0.2, 0.25) is 10.0 Å². The lowest BCUT2D eigenvalue weighted by Crippen LogP contribution is -2.20. The van der Waals surface area contributed by atoms with E-state index in [1.807, 2.05) is 35.8 Å². The summed E-state index contributed by atoms with van der Waals surface area (Å²) >= 11 is 13.3. The molecule has 9 heteroatoms. The summed E-state index contributed by atoms with van der Waals surface area (Å²) in [6.45, 7) is 8.60. The van der Waals surface area contributed by atoms with Gasteiger partial charge in [0.05, 0.1) is 17.0 Å². The van der Waals surface area contributed by atoms with Crippen molar-refractivity contribution in [2.24, 2.45) is 5.10 Å². The number of nitrogens with zero attached hydrogens (tertiary/aromatic N) is 4. The number of aryl methyl sites for hydroxylation is 1. The van der Waals surface area contributed by atoms with Crippen LogP contribution in [0, 0.1) is 6.92 Å². The minimum Gasteiger partial charge on any atom is -0.272 e. The number of benzene rings is 3. The molecular formula is C28H27Cl2N5OS. The fraction of sp³-hybridized carbons (Fsp3) is 0.214. The molecule has 0 spiro atoms. The Morgan fingerprint density at radius 3 is 2.38 bits per heavy atom. The van der Waals surface area contributed by atoms with Crippen LogP contribution in [-0.2, 0) is 10.2 Å². The first kappa shape index (κ1) is 26.9. The van der Waals surface area contributed by atoms with E-state index in [2.05, 4.69) is 65.8 Å². The summed E-state index contributed by atoms with van der Waals surface area (Å²) in [7, 11) is 0. The van der Waals surface area contributed by atoms with Crippen molar-refractivity contribution in [1.82, 2.24) is 20.2 Å². The summed E-state index contributed by atoms with van der Waals surface area (Å²) in [6.07, 6.45) is 1.48. The number of carbonyl (C=O) groups is 1. The highest BCUT2D eigenvalue weighted by Crippen LogP contribution is 2.30. The maximum Gasteiger partial charge on any atom is 0.250 e. The minimum atomic E-state index is -0.277. The molecule has 3 aromatic carbocycles. The van der Waals surface area contributed by atoms with Crippen molar-refractivity contribution in [2.45, 2.75) is 38.3 Å². The fourth-order valence-corrected chi connectivity index (χ4v) is 4.74. The van der Waals surface area contributed by atoms with Crippen molar-refractivity contribution in [2.75, 3.05) is 5.75 Å². The number of halogens is 2. The van der Waals surface area contributed by atoms with Crippen LogP contribution in [0.4, 0.5) is 0 Å². The molecule has 0 atom stereocenters. The average molecular weight is 553 g/mol. The molecule has 0 radical (unpaired) electrons. The number of nitrogens with one attached hydrogen (secondary N) is 1. The molecule has 37 heavy (non-hydrogen) atoms. The molecule has 0 aliphatic heterocycles. The van der Waals surface area contributed by atoms with Gasteiger partial charge in [-0.15, -0.1) is 10.2 Å². The molecular weight excluding hydrogens is 525 g/mol. The third-order valence-electron chi connectivity index (χ3n) is 5.62. The second-order valence-corrected chi connectivity index (χ2v) is 11.3. The number of thioether (sulfide) groups is 1. The minimum absolute atomic E-state index is 0.0545. The van der Waals surface area contributed by atoms with E-state index in [-0.39, 0.29) is 17.1 Å². The Morgan fingerprint density at radius 1 is 1.03 bits per heavy atom. The van der Waals surface area contributed by atoms with Gasteiger partial charge < -0.3 is 0 Å². The van der Waals surface area contributed by atoms with Gasteiger partial charge in [0.1, 0.15) is 0 Å². The number of hydrogen-bond acceptors (Lipinski definition) is 5. The van der Waals surface area contributed by atoms with E-state index in [4.69, 9.17) is 23.2 Å². The number of amides is 1. The van der Waals surface area contributed by atoms with Crippen LogP contribution in [0.1, 0.15) is 37.5 Å². The number of hydrogen-bond donors (Lipinski definition) is 1. The first-order valence-electron chi connectivity index (χ1n) is 11.6. The molecule has 0 saturated heterocycles. The van der Waals surface area contributed by atoms with Gasteiger partial charge in [-0.2, -0.15) is 5.10 Å². The van der Waals surface area contributed by atoms with Crippen LogP contribution in [0.25, 0.3) is 17.1 Å². The summed E-state index contributed by atoms with van der Waals surface area (Å²) in [6, 6.07) is 21.6. The standard InChI is InChI=1S/C28H27Cl2N5OS/c1-18-5-13-23(14-6-18)35-26(19-7-10-21(11-8-19)28(2,3)4)33-34-27(35)37-17-25(36)32-31-16-20-9-12-22(29)15-24(20)30/h5-16H,17H2,1-4H3,(H,32,36)/b31-16+. The molecule has 1 amide bonds. The van der Waals surface area contributed by atoms with Gasteiger partial charge in [0.25, 0.3) is 5.91 Å². The summed E-state index contributed by atoms with van der Waals surface area (Å²) in [4.78, 5) is 12.5. The number of hydrazone groups is 1. The molecule has 0 unspecified atom stereocenters. The van der Waals surface area contributed by atoms with Gasteiger partial charge in [-0.1, -0.05) is 104 Å². The Morgan fingerprint density at radius 2 is 1.73 bits per heavy atom. The SMILES string of the molecule is Cc1ccc(-n2c(SCC(=O)N/N=C/c3ccc(Cl)cc3Cl)nnc2-c2ccc(C(C)(C)C)cc2)cc1. The van der Waals surface area contributed by atoms with Crippen molar-refractivity contribution in [3.8, 4) is 17.1 Å². The topological polar surface area (TPSA) is 72.2 Å². The van der Waals surface area contributed by atoms with Gasteiger partial charge in [0.2, 0.25) is 0 Å². The van der Waals surface area contributed by atoms with Crippen LogP contribution in [0.15, 0.2) is 77.0 Å². The zero-order valence-electron chi connectivity index (χ0n) is 21.0. The van der Waals surface area contributed by atoms with E-state index < -0.39 is 0 Å². The monoisotopic (exact) mass is 551 g/mol. The molecule has 1 heterocycles. The van der Waals surface area contributed by atoms with E-state index in [1.165, 1.54) is 23.5 Å². The van der Waals surface area contributed by atoms with Crippen molar-refractivity contribution in [3.63, 3.8) is 0 Å². The predicted octanol–water partition coefficient (Wildman–Crippen LogP) is 7.09. The van der Waals surface area contributed by atoms with E-state index in [0.717, 1.165) is 16.8 Å². The largest absolute Gasteiger partial charge is 0.272 e. The molecule has 0 aliphatic carbocycles. The van der Waals surface area contributed by atoms with Crippen molar-refractivity contribution >= 4 is 47.1 Å². The van der Waals surface area contributed by atoms with E-state index in [1.54, 1.807) is 18.2 Å². The molecule has 6 nitrogen and oxygen atoms in total. The zero-order chi connectivity index (χ0) is 26.6. The summed E-state index contributed by atoms with van der Waals surface area (Å²) < 4.78 is 1.97. The molecule has 1 aromatic heterocycles. The van der Waals surface area contributed by atoms with E-state index >= 15 is 0 Å². The van der Waals surface area contributed by atoms with Crippen LogP contribution in [0.5, 0.6) is 0 Å². The van der Waals surface area contributed by atoms with Crippen LogP contribution in [0.3, 0.4) is 0 Å². The van der Waals surface area contributed by atoms with Crippen LogP contribution < -0.4 is 5.43 Å². The Balaban J connectivity index is 1.53. The lowest BCUT2D eigenvalue weighted by molar-refractivity contribution is -0.118. The first-order chi connectivity index (χ1) is 17.6. The van der Waals surface area contributed by atoms with Crippen molar-refractivity contribution in [1.29, 1.82) is 0 Å². The Bertz CT molecular complexity index is 1420. The third-order valence-corrected chi connectivity index (χ3v) is 7.11. The average Bonchev–Trinajstić information content (AvgIpc) is 3.28. The second kappa shape index (κ2) is 11.5. The number of carbonyl (C=O) groups excluding carboxylic acids is 1. The summed E-state index contributed by atoms with van der Waals surface area (Å²) in [5, 5.41) is 14.5. The molecule has 0 aliphatic rings. The second-order valence-electron chi connectivity index (χ2n) is 9.55. The normalized spacial score (nSPS) is 11.7. The molecule has 1 N–H and O–H groups in total. The maximum absolute atomic E-state index is 12.5. The van der Waals surface area contributed by atoms with Crippen molar-refractivity contribution in [3.05, 3.63) is 93.5 Å². The summed E-state index contributed by atoms with van der Waals surface area (Å²) in [5.74, 6) is 0.544. The molecule has 190 valence electrons. The highest BCUT2D eigenvalue weighted by atomic mass is 35.5. The molecule has 4 aromatic rings. The number of rotatable bonds is 7. The third kappa shape index (κ3) is 6.80. The number of aromatic nitrogens is 3. The van der Waals surface area contributed by atoms with Gasteiger partial charge >= 0.3 is 0 Å². The van der Waals surface area contributed by atoms with Gasteiger partial charge in [-0.25, -0.2) is 5.43 Å². The van der Waals surface area contributed by atoms with Gasteiger partial charge in [0.15, 0.2) is 11.0 Å². The predicted molar refractivity (Wildman–Crippen MR) is 153 cm³/mol. The lowest BCUT2D eigenvalue weighted by Gasteiger charge is -2.19. The van der Waals surface area contributed by atoms with Crippen LogP contribution >= 0.6 is 35.0 Å². The first-order valence-corrected chi connectivity index (χ1v) is 13.4. The van der Waals surface area contributed by atoms with Gasteiger partial charge in [-0.3, -0.25) is 9.36 Å². The molecule has 0 fully saturated rings. The van der Waals surface area contributed by atoms with Gasteiger partial charge in [-0.05, 0) is 42.2 Å². The maximum atomic E-state index is 12.5. The highest BCUT2D eigenvalue weighted by molar-refractivity contribution is 7.99. The smallest absolute Gasteiger partial charge is 0.250 e. The highest BCUT2D eigenvalue weighted by Gasteiger charge is 2.19. The van der Waals surface area contributed by atoms with E-state index in [9.17, 15) is 4.79 Å². The quantitative estimate of drug-likeness (QED) is 0.151.